The molecule has 1 heterocycles. The van der Waals surface area contributed by atoms with Crippen molar-refractivity contribution in [3.05, 3.63) is 34.9 Å². The number of nitrogens with one attached hydrogen (secondary N) is 1. The van der Waals surface area contributed by atoms with Crippen LogP contribution in [0, 0.1) is 0 Å². The molecule has 0 radical (unpaired) electrons. The fourth-order valence-electron chi connectivity index (χ4n) is 3.03. The van der Waals surface area contributed by atoms with Crippen LogP contribution in [0.3, 0.4) is 0 Å². The first kappa shape index (κ1) is 16.8. The predicted molar refractivity (Wildman–Crippen MR) is 88.8 cm³/mol. The number of benzene rings is 1. The highest BCUT2D eigenvalue weighted by atomic mass is 35.5. The molecule has 0 amide bonds. The van der Waals surface area contributed by atoms with Crippen molar-refractivity contribution in [2.24, 2.45) is 0 Å². The van der Waals surface area contributed by atoms with Crippen molar-refractivity contribution in [1.82, 2.24) is 10.2 Å². The second-order valence-corrected chi connectivity index (χ2v) is 6.81. The molecular formula is C17H27ClN2O. The molecular weight excluding hydrogens is 284 g/mol. The fraction of sp³-hybridized carbons (Fsp3) is 0.647. The van der Waals surface area contributed by atoms with Crippen molar-refractivity contribution < 1.29 is 5.11 Å². The Bertz CT molecular complexity index is 433. The van der Waals surface area contributed by atoms with Gasteiger partial charge in [0.15, 0.2) is 0 Å². The highest BCUT2D eigenvalue weighted by Crippen LogP contribution is 2.23. The van der Waals surface area contributed by atoms with Crippen LogP contribution in [0.25, 0.3) is 0 Å². The van der Waals surface area contributed by atoms with E-state index < -0.39 is 5.60 Å². The lowest BCUT2D eigenvalue weighted by Gasteiger charge is -2.25. The van der Waals surface area contributed by atoms with E-state index in [1.54, 1.807) is 0 Å². The summed E-state index contributed by atoms with van der Waals surface area (Å²) in [6.07, 6.45) is 3.94. The molecule has 0 aliphatic carbocycles. The number of aliphatic hydroxyl groups is 1. The van der Waals surface area contributed by atoms with Gasteiger partial charge in [-0.05, 0) is 70.4 Å². The molecule has 2 N–H and O–H groups in total. The molecule has 0 spiro atoms. The summed E-state index contributed by atoms with van der Waals surface area (Å²) in [7, 11) is 2.01. The Labute approximate surface area is 133 Å². The third-order valence-electron chi connectivity index (χ3n) is 4.51. The van der Waals surface area contributed by atoms with Crippen molar-refractivity contribution >= 4 is 11.6 Å². The average Bonchev–Trinajstić information content (AvgIpc) is 2.62. The molecule has 2 atom stereocenters. The van der Waals surface area contributed by atoms with Crippen molar-refractivity contribution in [2.75, 3.05) is 26.7 Å². The summed E-state index contributed by atoms with van der Waals surface area (Å²) in [5.41, 5.74) is 0.802. The Morgan fingerprint density at radius 2 is 2.00 bits per heavy atom. The Balaban J connectivity index is 1.87. The number of likely N-dealkylation sites (tertiary alicyclic amines) is 1. The normalized spacial score (nSPS) is 25.5. The summed E-state index contributed by atoms with van der Waals surface area (Å²) in [6, 6.07) is 8.44. The molecule has 1 saturated heterocycles. The molecule has 2 unspecified atom stereocenters. The van der Waals surface area contributed by atoms with Crippen LogP contribution in [-0.4, -0.2) is 42.3 Å². The molecule has 0 bridgehead atoms. The van der Waals surface area contributed by atoms with E-state index >= 15 is 0 Å². The van der Waals surface area contributed by atoms with Gasteiger partial charge >= 0.3 is 0 Å². The largest absolute Gasteiger partial charge is 0.390 e. The smallest absolute Gasteiger partial charge is 0.0632 e. The van der Waals surface area contributed by atoms with E-state index in [0.29, 0.717) is 6.04 Å². The average molecular weight is 311 g/mol. The minimum Gasteiger partial charge on any atom is -0.390 e. The van der Waals surface area contributed by atoms with Gasteiger partial charge in [-0.3, -0.25) is 0 Å². The van der Waals surface area contributed by atoms with Crippen molar-refractivity contribution in [1.29, 1.82) is 0 Å². The van der Waals surface area contributed by atoms with Crippen LogP contribution in [0.4, 0.5) is 0 Å². The molecule has 1 aromatic rings. The number of halogens is 1. The molecule has 0 aromatic heterocycles. The monoisotopic (exact) mass is 310 g/mol. The molecule has 21 heavy (non-hydrogen) atoms. The molecule has 118 valence electrons. The maximum absolute atomic E-state index is 10.1. The molecule has 0 saturated carbocycles. The van der Waals surface area contributed by atoms with Crippen LogP contribution in [-0.2, 0) is 0 Å². The quantitative estimate of drug-likeness (QED) is 0.876. The number of hydrogen-bond acceptors (Lipinski definition) is 3. The first-order chi connectivity index (χ1) is 10.00. The van der Waals surface area contributed by atoms with Crippen LogP contribution in [0.15, 0.2) is 24.3 Å². The lowest BCUT2D eigenvalue weighted by Crippen LogP contribution is -2.31. The summed E-state index contributed by atoms with van der Waals surface area (Å²) in [5.74, 6) is 0. The second-order valence-electron chi connectivity index (χ2n) is 6.37. The highest BCUT2D eigenvalue weighted by molar-refractivity contribution is 6.30. The van der Waals surface area contributed by atoms with Gasteiger partial charge in [0.1, 0.15) is 0 Å². The topological polar surface area (TPSA) is 35.5 Å². The zero-order chi connectivity index (χ0) is 15.3. The standard InChI is InChI=1S/C17H27ClN2O/c1-17(21)9-3-11-20(13-10-17)12-8-16(19-2)14-4-6-15(18)7-5-14/h4-7,16,19,21H,3,8-13H2,1-2H3. The Morgan fingerprint density at radius 3 is 2.67 bits per heavy atom. The van der Waals surface area contributed by atoms with E-state index in [0.717, 1.165) is 50.3 Å². The molecule has 1 fully saturated rings. The van der Waals surface area contributed by atoms with Gasteiger partial charge in [-0.2, -0.15) is 0 Å². The van der Waals surface area contributed by atoms with Crippen LogP contribution in [0.1, 0.15) is 44.2 Å². The van der Waals surface area contributed by atoms with E-state index in [1.165, 1.54) is 5.56 Å². The van der Waals surface area contributed by atoms with E-state index in [1.807, 2.05) is 26.1 Å². The molecule has 3 nitrogen and oxygen atoms in total. The third kappa shape index (κ3) is 5.26. The Kier molecular flexibility index (Phi) is 6.06. The van der Waals surface area contributed by atoms with E-state index in [2.05, 4.69) is 22.3 Å². The first-order valence-corrected chi connectivity index (χ1v) is 8.25. The predicted octanol–water partition coefficient (Wildman–Crippen LogP) is 3.23. The summed E-state index contributed by atoms with van der Waals surface area (Å²) in [5, 5.41) is 14.3. The van der Waals surface area contributed by atoms with Crippen molar-refractivity contribution in [3.63, 3.8) is 0 Å². The van der Waals surface area contributed by atoms with Gasteiger partial charge in [0, 0.05) is 17.6 Å². The number of rotatable bonds is 5. The van der Waals surface area contributed by atoms with Crippen LogP contribution in [0.5, 0.6) is 0 Å². The summed E-state index contributed by atoms with van der Waals surface area (Å²) in [4.78, 5) is 2.47. The lowest BCUT2D eigenvalue weighted by atomic mass is 9.98. The van der Waals surface area contributed by atoms with Crippen LogP contribution >= 0.6 is 11.6 Å². The van der Waals surface area contributed by atoms with Crippen molar-refractivity contribution in [2.45, 2.75) is 44.2 Å². The molecule has 1 aliphatic rings. The van der Waals surface area contributed by atoms with Crippen LogP contribution in [0.2, 0.25) is 5.02 Å². The maximum atomic E-state index is 10.1. The van der Waals surface area contributed by atoms with Gasteiger partial charge in [-0.1, -0.05) is 23.7 Å². The minimum absolute atomic E-state index is 0.353. The molecule has 1 aromatic carbocycles. The van der Waals surface area contributed by atoms with Gasteiger partial charge in [-0.15, -0.1) is 0 Å². The van der Waals surface area contributed by atoms with E-state index in [-0.39, 0.29) is 0 Å². The molecule has 1 aliphatic heterocycles. The zero-order valence-electron chi connectivity index (χ0n) is 13.1. The SMILES string of the molecule is CNC(CCN1CCCC(C)(O)CC1)c1ccc(Cl)cc1. The minimum atomic E-state index is -0.479. The maximum Gasteiger partial charge on any atom is 0.0632 e. The first-order valence-electron chi connectivity index (χ1n) is 7.88. The third-order valence-corrected chi connectivity index (χ3v) is 4.76. The zero-order valence-corrected chi connectivity index (χ0v) is 13.9. The van der Waals surface area contributed by atoms with Gasteiger partial charge in [0.25, 0.3) is 0 Å². The van der Waals surface area contributed by atoms with Crippen molar-refractivity contribution in [3.8, 4) is 0 Å². The van der Waals surface area contributed by atoms with E-state index in [4.69, 9.17) is 11.6 Å². The second kappa shape index (κ2) is 7.59. The van der Waals surface area contributed by atoms with Gasteiger partial charge in [-0.25, -0.2) is 0 Å². The lowest BCUT2D eigenvalue weighted by molar-refractivity contribution is 0.0445. The Hall–Kier alpha value is -0.610. The molecule has 2 rings (SSSR count). The van der Waals surface area contributed by atoms with Crippen LogP contribution < -0.4 is 5.32 Å². The number of hydrogen-bond donors (Lipinski definition) is 2. The summed E-state index contributed by atoms with van der Waals surface area (Å²) >= 11 is 5.95. The van der Waals surface area contributed by atoms with Gasteiger partial charge in [0.2, 0.25) is 0 Å². The summed E-state index contributed by atoms with van der Waals surface area (Å²) < 4.78 is 0. The number of nitrogens with zero attached hydrogens (tertiary/aromatic N) is 1. The Morgan fingerprint density at radius 1 is 1.29 bits per heavy atom. The fourth-order valence-corrected chi connectivity index (χ4v) is 3.15. The van der Waals surface area contributed by atoms with E-state index in [9.17, 15) is 5.11 Å². The van der Waals surface area contributed by atoms with Gasteiger partial charge in [0.05, 0.1) is 5.60 Å². The molecule has 4 heteroatoms. The highest BCUT2D eigenvalue weighted by Gasteiger charge is 2.25. The summed E-state index contributed by atoms with van der Waals surface area (Å²) in [6.45, 7) is 5.10. The van der Waals surface area contributed by atoms with Gasteiger partial charge < -0.3 is 15.3 Å².